The molecule has 2 heterocycles. The third kappa shape index (κ3) is 2.92. The Labute approximate surface area is 94.1 Å². The molecular formula is C12H14N2O2. The largest absolute Gasteiger partial charge is 0.467 e. The molecule has 0 saturated carbocycles. The van der Waals surface area contributed by atoms with Crippen LogP contribution in [0.2, 0.25) is 0 Å². The second-order valence-corrected chi connectivity index (χ2v) is 3.43. The zero-order chi connectivity index (χ0) is 11.2. The van der Waals surface area contributed by atoms with Crippen molar-refractivity contribution >= 4 is 0 Å². The number of rotatable bonds is 5. The molecule has 4 heteroatoms. The monoisotopic (exact) mass is 218 g/mol. The lowest BCUT2D eigenvalue weighted by molar-refractivity contribution is 0.0906. The zero-order valence-corrected chi connectivity index (χ0v) is 8.93. The van der Waals surface area contributed by atoms with Gasteiger partial charge in [-0.25, -0.2) is 0 Å². The minimum atomic E-state index is 0.466. The quantitative estimate of drug-likeness (QED) is 0.832. The highest BCUT2D eigenvalue weighted by atomic mass is 16.5. The fraction of sp³-hybridized carbons (Fsp3) is 0.250. The van der Waals surface area contributed by atoms with Gasteiger partial charge in [-0.2, -0.15) is 0 Å². The highest BCUT2D eigenvalue weighted by molar-refractivity contribution is 5.13. The number of nitrogens with two attached hydrogens (primary N) is 1. The van der Waals surface area contributed by atoms with Crippen LogP contribution in [0.25, 0.3) is 0 Å². The number of ether oxygens (including phenoxy) is 1. The van der Waals surface area contributed by atoms with E-state index in [0.29, 0.717) is 19.8 Å². The number of pyridine rings is 1. The van der Waals surface area contributed by atoms with Crippen LogP contribution in [0, 0.1) is 0 Å². The lowest BCUT2D eigenvalue weighted by atomic mass is 10.2. The van der Waals surface area contributed by atoms with Gasteiger partial charge in [0.2, 0.25) is 0 Å². The number of hydrogen-bond donors (Lipinski definition) is 1. The summed E-state index contributed by atoms with van der Waals surface area (Å²) in [4.78, 5) is 4.23. The molecule has 0 fully saturated rings. The Morgan fingerprint density at radius 2 is 2.19 bits per heavy atom. The average Bonchev–Trinajstić information content (AvgIpc) is 2.83. The lowest BCUT2D eigenvalue weighted by Crippen LogP contribution is -2.00. The van der Waals surface area contributed by atoms with Gasteiger partial charge in [0.15, 0.2) is 0 Å². The molecule has 2 aromatic rings. The Bertz CT molecular complexity index is 409. The molecule has 84 valence electrons. The topological polar surface area (TPSA) is 61.3 Å². The molecule has 2 rings (SSSR count). The first kappa shape index (κ1) is 10.9. The summed E-state index contributed by atoms with van der Waals surface area (Å²) >= 11 is 0. The van der Waals surface area contributed by atoms with E-state index in [9.17, 15) is 0 Å². The van der Waals surface area contributed by atoms with Crippen LogP contribution in [0.15, 0.2) is 41.1 Å². The molecule has 0 aliphatic carbocycles. The van der Waals surface area contributed by atoms with Crippen LogP contribution in [0.4, 0.5) is 0 Å². The molecule has 2 N–H and O–H groups in total. The van der Waals surface area contributed by atoms with E-state index in [1.807, 2.05) is 24.3 Å². The van der Waals surface area contributed by atoms with E-state index in [4.69, 9.17) is 14.9 Å². The van der Waals surface area contributed by atoms with Crippen LogP contribution in [0.5, 0.6) is 0 Å². The van der Waals surface area contributed by atoms with Crippen molar-refractivity contribution in [1.82, 2.24) is 4.98 Å². The average molecular weight is 218 g/mol. The van der Waals surface area contributed by atoms with Crippen LogP contribution < -0.4 is 5.73 Å². The van der Waals surface area contributed by atoms with Crippen molar-refractivity contribution < 1.29 is 9.15 Å². The summed E-state index contributed by atoms with van der Waals surface area (Å²) in [6, 6.07) is 7.60. The predicted molar refractivity (Wildman–Crippen MR) is 59.3 cm³/mol. The summed E-state index contributed by atoms with van der Waals surface area (Å²) in [5, 5.41) is 0. The van der Waals surface area contributed by atoms with Gasteiger partial charge in [-0.05, 0) is 23.8 Å². The number of nitrogens with zero attached hydrogens (tertiary/aromatic N) is 1. The first-order chi connectivity index (χ1) is 7.88. The Balaban J connectivity index is 1.81. The summed E-state index contributed by atoms with van der Waals surface area (Å²) < 4.78 is 10.6. The van der Waals surface area contributed by atoms with E-state index < -0.39 is 0 Å². The molecule has 0 saturated heterocycles. The van der Waals surface area contributed by atoms with Crippen molar-refractivity contribution in [3.05, 3.63) is 53.7 Å². The maximum atomic E-state index is 5.48. The van der Waals surface area contributed by atoms with E-state index in [2.05, 4.69) is 4.98 Å². The van der Waals surface area contributed by atoms with Crippen molar-refractivity contribution in [3.8, 4) is 0 Å². The molecule has 0 unspecified atom stereocenters. The first-order valence-electron chi connectivity index (χ1n) is 5.12. The fourth-order valence-corrected chi connectivity index (χ4v) is 1.31. The Morgan fingerprint density at radius 1 is 1.25 bits per heavy atom. The second kappa shape index (κ2) is 5.44. The summed E-state index contributed by atoms with van der Waals surface area (Å²) in [5.41, 5.74) is 7.40. The van der Waals surface area contributed by atoms with Crippen molar-refractivity contribution in [1.29, 1.82) is 0 Å². The Morgan fingerprint density at radius 3 is 2.81 bits per heavy atom. The SMILES string of the molecule is NCc1ccc(COCc2ccco2)nc1. The van der Waals surface area contributed by atoms with Gasteiger partial charge in [-0.3, -0.25) is 4.98 Å². The van der Waals surface area contributed by atoms with Gasteiger partial charge >= 0.3 is 0 Å². The van der Waals surface area contributed by atoms with Gasteiger partial charge in [-0.1, -0.05) is 6.07 Å². The van der Waals surface area contributed by atoms with Gasteiger partial charge in [0.25, 0.3) is 0 Å². The second-order valence-electron chi connectivity index (χ2n) is 3.43. The van der Waals surface area contributed by atoms with Gasteiger partial charge in [-0.15, -0.1) is 0 Å². The molecule has 0 aliphatic rings. The van der Waals surface area contributed by atoms with Crippen LogP contribution in [0.1, 0.15) is 17.0 Å². The molecule has 0 aliphatic heterocycles. The third-order valence-electron chi connectivity index (χ3n) is 2.20. The summed E-state index contributed by atoms with van der Waals surface area (Å²) in [5.74, 6) is 0.818. The molecular weight excluding hydrogens is 204 g/mol. The maximum Gasteiger partial charge on any atom is 0.129 e. The molecule has 4 nitrogen and oxygen atoms in total. The molecule has 16 heavy (non-hydrogen) atoms. The van der Waals surface area contributed by atoms with Crippen LogP contribution in [-0.4, -0.2) is 4.98 Å². The number of aromatic nitrogens is 1. The van der Waals surface area contributed by atoms with E-state index in [0.717, 1.165) is 17.0 Å². The maximum absolute atomic E-state index is 5.48. The van der Waals surface area contributed by atoms with Gasteiger partial charge < -0.3 is 14.9 Å². The highest BCUT2D eigenvalue weighted by Crippen LogP contribution is 2.05. The van der Waals surface area contributed by atoms with Crippen molar-refractivity contribution in [3.63, 3.8) is 0 Å². The smallest absolute Gasteiger partial charge is 0.129 e. The van der Waals surface area contributed by atoms with Crippen LogP contribution in [-0.2, 0) is 24.5 Å². The fourth-order valence-electron chi connectivity index (χ4n) is 1.31. The molecule has 0 amide bonds. The molecule has 0 spiro atoms. The molecule has 0 radical (unpaired) electrons. The van der Waals surface area contributed by atoms with Gasteiger partial charge in [0.05, 0.1) is 18.6 Å². The van der Waals surface area contributed by atoms with Gasteiger partial charge in [0.1, 0.15) is 12.4 Å². The highest BCUT2D eigenvalue weighted by Gasteiger charge is 1.98. The van der Waals surface area contributed by atoms with Crippen molar-refractivity contribution in [2.45, 2.75) is 19.8 Å². The Kier molecular flexibility index (Phi) is 3.69. The predicted octanol–water partition coefficient (Wildman–Crippen LogP) is 1.85. The van der Waals surface area contributed by atoms with E-state index >= 15 is 0 Å². The van der Waals surface area contributed by atoms with Crippen LogP contribution >= 0.6 is 0 Å². The lowest BCUT2D eigenvalue weighted by Gasteiger charge is -2.02. The zero-order valence-electron chi connectivity index (χ0n) is 8.93. The van der Waals surface area contributed by atoms with E-state index in [1.165, 1.54) is 0 Å². The molecule has 0 bridgehead atoms. The summed E-state index contributed by atoms with van der Waals surface area (Å²) in [6.07, 6.45) is 3.40. The van der Waals surface area contributed by atoms with E-state index in [1.54, 1.807) is 12.5 Å². The standard InChI is InChI=1S/C12H14N2O2/c13-6-10-3-4-11(14-7-10)8-15-9-12-2-1-5-16-12/h1-5,7H,6,8-9,13H2. The summed E-state index contributed by atoms with van der Waals surface area (Å²) in [6.45, 7) is 1.46. The number of furan rings is 1. The van der Waals surface area contributed by atoms with Crippen LogP contribution in [0.3, 0.4) is 0 Å². The van der Waals surface area contributed by atoms with Crippen molar-refractivity contribution in [2.75, 3.05) is 0 Å². The summed E-state index contributed by atoms with van der Waals surface area (Å²) in [7, 11) is 0. The number of hydrogen-bond acceptors (Lipinski definition) is 4. The minimum Gasteiger partial charge on any atom is -0.467 e. The van der Waals surface area contributed by atoms with Crippen molar-refractivity contribution in [2.24, 2.45) is 5.73 Å². The normalized spacial score (nSPS) is 10.6. The molecule has 0 aromatic carbocycles. The molecule has 2 aromatic heterocycles. The first-order valence-corrected chi connectivity index (χ1v) is 5.12. The minimum absolute atomic E-state index is 0.466. The van der Waals surface area contributed by atoms with Gasteiger partial charge in [0, 0.05) is 12.7 Å². The third-order valence-corrected chi connectivity index (χ3v) is 2.20. The Hall–Kier alpha value is -1.65. The van der Waals surface area contributed by atoms with E-state index in [-0.39, 0.29) is 0 Å². The molecule has 0 atom stereocenters.